The number of aromatic nitrogens is 1. The maximum Gasteiger partial charge on any atom is 0.213 e. The van der Waals surface area contributed by atoms with Gasteiger partial charge >= 0.3 is 0 Å². The quantitative estimate of drug-likeness (QED) is 0.741. The van der Waals surface area contributed by atoms with E-state index in [1.54, 1.807) is 7.11 Å². The van der Waals surface area contributed by atoms with Crippen molar-refractivity contribution < 1.29 is 4.74 Å². The lowest BCUT2D eigenvalue weighted by Gasteiger charge is -1.97. The third-order valence-electron chi connectivity index (χ3n) is 1.33. The van der Waals surface area contributed by atoms with Gasteiger partial charge in [-0.2, -0.15) is 0 Å². The zero-order chi connectivity index (χ0) is 8.81. The van der Waals surface area contributed by atoms with Crippen molar-refractivity contribution in [3.8, 4) is 5.88 Å². The van der Waals surface area contributed by atoms with Crippen molar-refractivity contribution in [2.24, 2.45) is 0 Å². The number of rotatable bonds is 3. The van der Waals surface area contributed by atoms with Crippen LogP contribution in [-0.4, -0.2) is 17.4 Å². The monoisotopic (exact) mass is 227 g/mol. The second-order valence-corrected chi connectivity index (χ2v) is 2.81. The summed E-state index contributed by atoms with van der Waals surface area (Å²) in [6, 6.07) is 5.67. The predicted molar refractivity (Wildman–Crippen MR) is 53.6 cm³/mol. The van der Waals surface area contributed by atoms with Gasteiger partial charge < -0.3 is 4.74 Å². The normalized spacial score (nSPS) is 10.5. The SMILES string of the molecule is COc1cccc(/C=C/CBr)n1. The van der Waals surface area contributed by atoms with E-state index in [0.29, 0.717) is 5.88 Å². The predicted octanol–water partition coefficient (Wildman–Crippen LogP) is 2.50. The van der Waals surface area contributed by atoms with E-state index in [2.05, 4.69) is 20.9 Å². The Labute approximate surface area is 80.4 Å². The third-order valence-corrected chi connectivity index (χ3v) is 1.71. The lowest BCUT2D eigenvalue weighted by atomic mass is 10.3. The van der Waals surface area contributed by atoms with Gasteiger partial charge in [-0.1, -0.05) is 28.1 Å². The molecule has 1 rings (SSSR count). The van der Waals surface area contributed by atoms with Crippen molar-refractivity contribution in [3.63, 3.8) is 0 Å². The summed E-state index contributed by atoms with van der Waals surface area (Å²) in [5.41, 5.74) is 0.911. The molecular formula is C9H10BrNO. The first kappa shape index (κ1) is 9.26. The zero-order valence-electron chi connectivity index (χ0n) is 6.83. The summed E-state index contributed by atoms with van der Waals surface area (Å²) in [4.78, 5) is 4.20. The van der Waals surface area contributed by atoms with Crippen molar-refractivity contribution in [2.75, 3.05) is 12.4 Å². The molecule has 2 nitrogen and oxygen atoms in total. The van der Waals surface area contributed by atoms with Gasteiger partial charge in [0, 0.05) is 11.4 Å². The molecule has 0 aromatic carbocycles. The molecule has 0 aliphatic heterocycles. The summed E-state index contributed by atoms with van der Waals surface area (Å²) >= 11 is 3.30. The molecule has 3 heteroatoms. The molecule has 0 saturated carbocycles. The van der Waals surface area contributed by atoms with Gasteiger partial charge in [0.1, 0.15) is 0 Å². The van der Waals surface area contributed by atoms with Gasteiger partial charge in [-0.15, -0.1) is 0 Å². The van der Waals surface area contributed by atoms with Crippen LogP contribution in [0.5, 0.6) is 5.88 Å². The Morgan fingerprint density at radius 2 is 2.42 bits per heavy atom. The first-order valence-corrected chi connectivity index (χ1v) is 4.72. The van der Waals surface area contributed by atoms with Crippen molar-refractivity contribution in [2.45, 2.75) is 0 Å². The van der Waals surface area contributed by atoms with E-state index in [-0.39, 0.29) is 0 Å². The molecule has 0 bridgehead atoms. The molecule has 0 spiro atoms. The van der Waals surface area contributed by atoms with Gasteiger partial charge in [0.25, 0.3) is 0 Å². The van der Waals surface area contributed by atoms with Gasteiger partial charge in [0.05, 0.1) is 12.8 Å². The van der Waals surface area contributed by atoms with Crippen LogP contribution in [0.3, 0.4) is 0 Å². The van der Waals surface area contributed by atoms with E-state index in [1.165, 1.54) is 0 Å². The van der Waals surface area contributed by atoms with Gasteiger partial charge in [-0.25, -0.2) is 4.98 Å². The first-order chi connectivity index (χ1) is 5.86. The highest BCUT2D eigenvalue weighted by atomic mass is 79.9. The van der Waals surface area contributed by atoms with Crippen molar-refractivity contribution in [1.82, 2.24) is 4.98 Å². The summed E-state index contributed by atoms with van der Waals surface area (Å²) < 4.78 is 4.98. The van der Waals surface area contributed by atoms with Crippen LogP contribution in [0, 0.1) is 0 Å². The van der Waals surface area contributed by atoms with E-state index < -0.39 is 0 Å². The van der Waals surface area contributed by atoms with Crippen LogP contribution >= 0.6 is 15.9 Å². The van der Waals surface area contributed by atoms with Crippen LogP contribution in [0.25, 0.3) is 6.08 Å². The Bertz CT molecular complexity index is 273. The Balaban J connectivity index is 2.79. The van der Waals surface area contributed by atoms with Crippen molar-refractivity contribution >= 4 is 22.0 Å². The lowest BCUT2D eigenvalue weighted by molar-refractivity contribution is 0.397. The van der Waals surface area contributed by atoms with E-state index in [0.717, 1.165) is 11.0 Å². The van der Waals surface area contributed by atoms with Crippen molar-refractivity contribution in [1.29, 1.82) is 0 Å². The van der Waals surface area contributed by atoms with Crippen LogP contribution < -0.4 is 4.74 Å². The molecule has 0 unspecified atom stereocenters. The maximum absolute atomic E-state index is 4.98. The number of halogens is 1. The van der Waals surface area contributed by atoms with E-state index >= 15 is 0 Å². The average Bonchev–Trinajstić information content (AvgIpc) is 2.15. The molecule has 1 heterocycles. The molecule has 0 radical (unpaired) electrons. The van der Waals surface area contributed by atoms with Gasteiger partial charge in [-0.3, -0.25) is 0 Å². The molecule has 1 aromatic rings. The smallest absolute Gasteiger partial charge is 0.213 e. The van der Waals surface area contributed by atoms with E-state index in [1.807, 2.05) is 30.4 Å². The number of hydrogen-bond donors (Lipinski definition) is 0. The average molecular weight is 228 g/mol. The minimum Gasteiger partial charge on any atom is -0.481 e. The van der Waals surface area contributed by atoms with Crippen LogP contribution in [0.15, 0.2) is 24.3 Å². The number of alkyl halides is 1. The molecule has 0 aliphatic rings. The highest BCUT2D eigenvalue weighted by Gasteiger charge is 1.91. The fraction of sp³-hybridized carbons (Fsp3) is 0.222. The Morgan fingerprint density at radius 1 is 1.58 bits per heavy atom. The summed E-state index contributed by atoms with van der Waals surface area (Å²) in [6.07, 6.45) is 3.93. The number of methoxy groups -OCH3 is 1. The molecule has 0 amide bonds. The number of pyridine rings is 1. The Kier molecular flexibility index (Phi) is 3.80. The molecular weight excluding hydrogens is 218 g/mol. The minimum atomic E-state index is 0.645. The van der Waals surface area contributed by atoms with E-state index in [9.17, 15) is 0 Å². The largest absolute Gasteiger partial charge is 0.481 e. The highest BCUT2D eigenvalue weighted by molar-refractivity contribution is 9.09. The second-order valence-electron chi connectivity index (χ2n) is 2.16. The van der Waals surface area contributed by atoms with E-state index in [4.69, 9.17) is 4.74 Å². The third kappa shape index (κ3) is 2.66. The minimum absolute atomic E-state index is 0.645. The maximum atomic E-state index is 4.98. The lowest BCUT2D eigenvalue weighted by Crippen LogP contribution is -1.88. The Hall–Kier alpha value is -0.830. The van der Waals surface area contributed by atoms with Gasteiger partial charge in [0.2, 0.25) is 5.88 Å². The molecule has 0 aliphatic carbocycles. The summed E-state index contributed by atoms with van der Waals surface area (Å²) in [7, 11) is 1.61. The molecule has 0 atom stereocenters. The molecule has 64 valence electrons. The fourth-order valence-electron chi connectivity index (χ4n) is 0.803. The molecule has 0 N–H and O–H groups in total. The molecule has 12 heavy (non-hydrogen) atoms. The van der Waals surface area contributed by atoms with Crippen molar-refractivity contribution in [3.05, 3.63) is 30.0 Å². The number of nitrogens with zero attached hydrogens (tertiary/aromatic N) is 1. The fourth-order valence-corrected chi connectivity index (χ4v) is 0.990. The first-order valence-electron chi connectivity index (χ1n) is 3.60. The standard InChI is InChI=1S/C9H10BrNO/c1-12-9-6-2-4-8(11-9)5-3-7-10/h2-6H,7H2,1H3/b5-3+. The number of hydrogen-bond acceptors (Lipinski definition) is 2. The number of allylic oxidation sites excluding steroid dienone is 1. The van der Waals surface area contributed by atoms with Crippen LogP contribution in [0.1, 0.15) is 5.69 Å². The topological polar surface area (TPSA) is 22.1 Å². The highest BCUT2D eigenvalue weighted by Crippen LogP contribution is 2.07. The summed E-state index contributed by atoms with van der Waals surface area (Å²) in [5, 5.41) is 0.839. The Morgan fingerprint density at radius 3 is 3.08 bits per heavy atom. The molecule has 0 fully saturated rings. The zero-order valence-corrected chi connectivity index (χ0v) is 8.41. The van der Waals surface area contributed by atoms with Gasteiger partial charge in [0.15, 0.2) is 0 Å². The number of ether oxygens (including phenoxy) is 1. The van der Waals surface area contributed by atoms with Crippen LogP contribution in [-0.2, 0) is 0 Å². The summed E-state index contributed by atoms with van der Waals surface area (Å²) in [6.45, 7) is 0. The van der Waals surface area contributed by atoms with Crippen LogP contribution in [0.4, 0.5) is 0 Å². The molecule has 1 aromatic heterocycles. The second kappa shape index (κ2) is 4.93. The molecule has 0 saturated heterocycles. The van der Waals surface area contributed by atoms with Gasteiger partial charge in [-0.05, 0) is 12.1 Å². The summed E-state index contributed by atoms with van der Waals surface area (Å²) in [5.74, 6) is 0.645. The van der Waals surface area contributed by atoms with Crippen LogP contribution in [0.2, 0.25) is 0 Å².